The molecule has 0 saturated carbocycles. The van der Waals surface area contributed by atoms with Crippen LogP contribution in [0.25, 0.3) is 0 Å². The third-order valence-electron chi connectivity index (χ3n) is 4.28. The Balaban J connectivity index is 1.67. The van der Waals surface area contributed by atoms with Crippen molar-refractivity contribution >= 4 is 29.0 Å². The van der Waals surface area contributed by atoms with Crippen LogP contribution in [0, 0.1) is 0 Å². The van der Waals surface area contributed by atoms with E-state index in [0.717, 1.165) is 31.7 Å². The highest BCUT2D eigenvalue weighted by Gasteiger charge is 2.15. The van der Waals surface area contributed by atoms with Gasteiger partial charge in [0.1, 0.15) is 17.8 Å². The van der Waals surface area contributed by atoms with Crippen LogP contribution in [0.1, 0.15) is 43.1 Å². The second kappa shape index (κ2) is 8.42. The van der Waals surface area contributed by atoms with E-state index < -0.39 is 0 Å². The lowest BCUT2D eigenvalue weighted by atomic mass is 10.2. The molecule has 0 radical (unpaired) electrons. The quantitative estimate of drug-likeness (QED) is 0.882. The van der Waals surface area contributed by atoms with Gasteiger partial charge in [-0.25, -0.2) is 9.97 Å². The molecule has 1 aromatic carbocycles. The number of aromatic nitrogens is 2. The Morgan fingerprint density at radius 3 is 2.15 bits per heavy atom. The molecule has 0 bridgehead atoms. The molecular weight excluding hydrogens is 330 g/mol. The number of nitrogens with one attached hydrogen (secondary N) is 2. The second-order valence-electron chi connectivity index (χ2n) is 6.38. The molecule has 0 aliphatic carbocycles. The molecule has 3 rings (SSSR count). The zero-order chi connectivity index (χ0) is 18.4. The predicted octanol–water partition coefficient (Wildman–Crippen LogP) is 3.07. The Labute approximate surface area is 152 Å². The van der Waals surface area contributed by atoms with Gasteiger partial charge in [0, 0.05) is 37.5 Å². The number of rotatable bonds is 4. The monoisotopic (exact) mass is 353 g/mol. The van der Waals surface area contributed by atoms with Crippen molar-refractivity contribution in [3.8, 4) is 0 Å². The molecular formula is C19H23N5O2. The predicted molar refractivity (Wildman–Crippen MR) is 101 cm³/mol. The van der Waals surface area contributed by atoms with Crippen molar-refractivity contribution in [3.05, 3.63) is 42.4 Å². The van der Waals surface area contributed by atoms with E-state index >= 15 is 0 Å². The highest BCUT2D eigenvalue weighted by Crippen LogP contribution is 2.18. The minimum atomic E-state index is -0.282. The number of amides is 2. The Kier molecular flexibility index (Phi) is 5.78. The summed E-state index contributed by atoms with van der Waals surface area (Å²) in [5.74, 6) is 0.382. The van der Waals surface area contributed by atoms with Gasteiger partial charge in [-0.05, 0) is 37.1 Å². The summed E-state index contributed by atoms with van der Waals surface area (Å²) in [7, 11) is 0. The van der Waals surface area contributed by atoms with E-state index in [1.54, 1.807) is 30.3 Å². The Morgan fingerprint density at radius 1 is 0.923 bits per heavy atom. The van der Waals surface area contributed by atoms with Crippen molar-refractivity contribution < 1.29 is 9.59 Å². The first-order valence-corrected chi connectivity index (χ1v) is 8.88. The summed E-state index contributed by atoms with van der Waals surface area (Å²) < 4.78 is 0. The van der Waals surface area contributed by atoms with E-state index in [1.165, 1.54) is 26.1 Å². The fourth-order valence-corrected chi connectivity index (χ4v) is 2.98. The minimum absolute atomic E-state index is 0.135. The molecule has 1 aliphatic heterocycles. The average molecular weight is 353 g/mol. The lowest BCUT2D eigenvalue weighted by molar-refractivity contribution is -0.114. The molecule has 2 amide bonds. The van der Waals surface area contributed by atoms with Crippen LogP contribution in [0.5, 0.6) is 0 Å². The van der Waals surface area contributed by atoms with Gasteiger partial charge in [0.15, 0.2) is 0 Å². The van der Waals surface area contributed by atoms with Crippen LogP contribution in [0.3, 0.4) is 0 Å². The molecule has 2 heterocycles. The normalized spacial score (nSPS) is 14.4. The summed E-state index contributed by atoms with van der Waals surface area (Å²) in [6, 6.07) is 8.69. The van der Waals surface area contributed by atoms with Gasteiger partial charge < -0.3 is 15.5 Å². The molecule has 7 nitrogen and oxygen atoms in total. The van der Waals surface area contributed by atoms with Gasteiger partial charge >= 0.3 is 0 Å². The molecule has 0 spiro atoms. The molecule has 1 aromatic heterocycles. The lowest BCUT2D eigenvalue weighted by Gasteiger charge is -2.21. The number of hydrogen-bond donors (Lipinski definition) is 2. The van der Waals surface area contributed by atoms with Gasteiger partial charge in [-0.15, -0.1) is 0 Å². The second-order valence-corrected chi connectivity index (χ2v) is 6.38. The summed E-state index contributed by atoms with van der Waals surface area (Å²) >= 11 is 0. The van der Waals surface area contributed by atoms with Gasteiger partial charge in [0.05, 0.1) is 0 Å². The summed E-state index contributed by atoms with van der Waals surface area (Å²) in [6.45, 7) is 3.37. The first-order valence-electron chi connectivity index (χ1n) is 8.88. The summed E-state index contributed by atoms with van der Waals surface area (Å²) in [5.41, 5.74) is 1.66. The molecule has 0 unspecified atom stereocenters. The fraction of sp³-hybridized carbons (Fsp3) is 0.368. The fourth-order valence-electron chi connectivity index (χ4n) is 2.98. The SMILES string of the molecule is CC(=O)Nc1ccc(NC(=O)c2cc(N3CCCCCC3)ncn2)cc1. The Bertz CT molecular complexity index is 768. The summed E-state index contributed by atoms with van der Waals surface area (Å²) in [5, 5.41) is 5.51. The van der Waals surface area contributed by atoms with Crippen molar-refractivity contribution in [1.82, 2.24) is 9.97 Å². The molecule has 0 atom stereocenters. The molecule has 7 heteroatoms. The third-order valence-corrected chi connectivity index (χ3v) is 4.28. The van der Waals surface area contributed by atoms with E-state index in [4.69, 9.17) is 0 Å². The van der Waals surface area contributed by atoms with Crippen molar-refractivity contribution in [2.75, 3.05) is 28.6 Å². The first-order chi connectivity index (χ1) is 12.6. The van der Waals surface area contributed by atoms with Crippen LogP contribution < -0.4 is 15.5 Å². The maximum atomic E-state index is 12.5. The number of carbonyl (C=O) groups is 2. The van der Waals surface area contributed by atoms with Gasteiger partial charge in [0.25, 0.3) is 5.91 Å². The van der Waals surface area contributed by atoms with Crippen LogP contribution in [0.4, 0.5) is 17.2 Å². The average Bonchev–Trinajstić information content (AvgIpc) is 2.92. The number of carbonyl (C=O) groups excluding carboxylic acids is 2. The van der Waals surface area contributed by atoms with Crippen LogP contribution >= 0.6 is 0 Å². The van der Waals surface area contributed by atoms with E-state index in [2.05, 4.69) is 25.5 Å². The number of hydrogen-bond acceptors (Lipinski definition) is 5. The van der Waals surface area contributed by atoms with Crippen molar-refractivity contribution in [2.45, 2.75) is 32.6 Å². The maximum Gasteiger partial charge on any atom is 0.274 e. The zero-order valence-electron chi connectivity index (χ0n) is 14.9. The van der Waals surface area contributed by atoms with E-state index in [-0.39, 0.29) is 11.8 Å². The highest BCUT2D eigenvalue weighted by molar-refractivity contribution is 6.03. The Hall–Kier alpha value is -2.96. The van der Waals surface area contributed by atoms with Crippen LogP contribution in [-0.2, 0) is 4.79 Å². The highest BCUT2D eigenvalue weighted by atomic mass is 16.2. The molecule has 1 aliphatic rings. The number of benzene rings is 1. The Morgan fingerprint density at radius 2 is 1.54 bits per heavy atom. The largest absolute Gasteiger partial charge is 0.357 e. The van der Waals surface area contributed by atoms with Gasteiger partial charge in [-0.2, -0.15) is 0 Å². The van der Waals surface area contributed by atoms with E-state index in [9.17, 15) is 9.59 Å². The van der Waals surface area contributed by atoms with E-state index in [0.29, 0.717) is 17.1 Å². The van der Waals surface area contributed by atoms with Crippen LogP contribution in [-0.4, -0.2) is 34.9 Å². The number of nitrogens with zero attached hydrogens (tertiary/aromatic N) is 3. The number of anilines is 3. The molecule has 2 aromatic rings. The smallest absolute Gasteiger partial charge is 0.274 e. The summed E-state index contributed by atoms with van der Waals surface area (Å²) in [4.78, 5) is 34.2. The van der Waals surface area contributed by atoms with Gasteiger partial charge in [-0.3, -0.25) is 9.59 Å². The standard InChI is InChI=1S/C19H23N5O2/c1-14(25)22-15-6-8-16(9-7-15)23-19(26)17-12-18(21-13-20-17)24-10-4-2-3-5-11-24/h6-9,12-13H,2-5,10-11H2,1H3,(H,22,25)(H,23,26). The molecule has 26 heavy (non-hydrogen) atoms. The molecule has 1 saturated heterocycles. The minimum Gasteiger partial charge on any atom is -0.357 e. The molecule has 136 valence electrons. The van der Waals surface area contributed by atoms with Gasteiger partial charge in [0.2, 0.25) is 5.91 Å². The van der Waals surface area contributed by atoms with Crippen LogP contribution in [0.2, 0.25) is 0 Å². The van der Waals surface area contributed by atoms with Crippen LogP contribution in [0.15, 0.2) is 36.7 Å². The molecule has 1 fully saturated rings. The lowest BCUT2D eigenvalue weighted by Crippen LogP contribution is -2.25. The van der Waals surface area contributed by atoms with Crippen molar-refractivity contribution in [2.24, 2.45) is 0 Å². The maximum absolute atomic E-state index is 12.5. The molecule has 2 N–H and O–H groups in total. The topological polar surface area (TPSA) is 87.2 Å². The third kappa shape index (κ3) is 4.78. The van der Waals surface area contributed by atoms with Gasteiger partial charge in [-0.1, -0.05) is 12.8 Å². The zero-order valence-corrected chi connectivity index (χ0v) is 14.9. The van der Waals surface area contributed by atoms with E-state index in [1.807, 2.05) is 0 Å². The summed E-state index contributed by atoms with van der Waals surface area (Å²) in [6.07, 6.45) is 6.21. The van der Waals surface area contributed by atoms with Crippen molar-refractivity contribution in [1.29, 1.82) is 0 Å². The van der Waals surface area contributed by atoms with Crippen molar-refractivity contribution in [3.63, 3.8) is 0 Å². The first kappa shape index (κ1) is 17.8.